The van der Waals surface area contributed by atoms with E-state index in [0.717, 1.165) is 5.56 Å². The van der Waals surface area contributed by atoms with Gasteiger partial charge in [-0.2, -0.15) is 0 Å². The van der Waals surface area contributed by atoms with Gasteiger partial charge in [0.25, 0.3) is 0 Å². The van der Waals surface area contributed by atoms with E-state index >= 15 is 0 Å². The van der Waals surface area contributed by atoms with Crippen molar-refractivity contribution in [3.8, 4) is 17.2 Å². The van der Waals surface area contributed by atoms with Crippen LogP contribution < -0.4 is 30.6 Å². The number of hydrogen-bond donors (Lipinski definition) is 3. The quantitative estimate of drug-likeness (QED) is 0.342. The molecule has 4 amide bonds. The molecule has 0 aromatic heterocycles. The first-order valence-corrected chi connectivity index (χ1v) is 12.5. The summed E-state index contributed by atoms with van der Waals surface area (Å²) in [4.78, 5) is 51.7. The predicted molar refractivity (Wildman–Crippen MR) is 144 cm³/mol. The van der Waals surface area contributed by atoms with E-state index in [1.807, 2.05) is 30.3 Å². The van der Waals surface area contributed by atoms with Crippen molar-refractivity contribution < 1.29 is 33.4 Å². The van der Waals surface area contributed by atoms with Gasteiger partial charge in [0.2, 0.25) is 29.4 Å². The molecule has 3 rings (SSSR count). The molecule has 1 aliphatic heterocycles. The molecule has 39 heavy (non-hydrogen) atoms. The summed E-state index contributed by atoms with van der Waals surface area (Å²) in [6.45, 7) is 0.0340. The van der Waals surface area contributed by atoms with Crippen LogP contribution in [0.3, 0.4) is 0 Å². The molecule has 0 bridgehead atoms. The first-order valence-electron chi connectivity index (χ1n) is 12.5. The summed E-state index contributed by atoms with van der Waals surface area (Å²) in [5.74, 6) is -0.733. The van der Waals surface area contributed by atoms with Crippen LogP contribution in [0.5, 0.6) is 17.2 Å². The number of primary amides is 1. The Bertz CT molecular complexity index is 1190. The van der Waals surface area contributed by atoms with Crippen molar-refractivity contribution in [3.63, 3.8) is 0 Å². The van der Waals surface area contributed by atoms with E-state index in [1.165, 1.54) is 38.4 Å². The van der Waals surface area contributed by atoms with Gasteiger partial charge in [0.1, 0.15) is 12.1 Å². The molecule has 2 aromatic rings. The molecule has 2 aromatic carbocycles. The van der Waals surface area contributed by atoms with Crippen LogP contribution in [0, 0.1) is 0 Å². The lowest BCUT2D eigenvalue weighted by Crippen LogP contribution is -2.54. The number of nitrogens with two attached hydrogens (primary N) is 1. The lowest BCUT2D eigenvalue weighted by Gasteiger charge is -2.28. The van der Waals surface area contributed by atoms with E-state index in [0.29, 0.717) is 42.2 Å². The molecule has 0 aliphatic carbocycles. The zero-order valence-corrected chi connectivity index (χ0v) is 22.3. The van der Waals surface area contributed by atoms with Gasteiger partial charge < -0.3 is 35.5 Å². The number of rotatable bonds is 12. The molecule has 1 fully saturated rings. The Kier molecular flexibility index (Phi) is 10.3. The monoisotopic (exact) mass is 538 g/mol. The fourth-order valence-corrected chi connectivity index (χ4v) is 4.42. The number of methoxy groups -OCH3 is 3. The van der Waals surface area contributed by atoms with Gasteiger partial charge in [0.05, 0.1) is 27.9 Å². The van der Waals surface area contributed by atoms with Gasteiger partial charge in [0.15, 0.2) is 11.5 Å². The molecule has 0 saturated carbocycles. The average Bonchev–Trinajstić information content (AvgIpc) is 3.44. The number of amides is 4. The van der Waals surface area contributed by atoms with Crippen LogP contribution in [0.4, 0.5) is 0 Å². The van der Waals surface area contributed by atoms with Crippen LogP contribution in [0.2, 0.25) is 0 Å². The zero-order chi connectivity index (χ0) is 28.4. The van der Waals surface area contributed by atoms with Gasteiger partial charge >= 0.3 is 0 Å². The first kappa shape index (κ1) is 29.0. The van der Waals surface area contributed by atoms with E-state index in [9.17, 15) is 19.2 Å². The fourth-order valence-electron chi connectivity index (χ4n) is 4.42. The first-order chi connectivity index (χ1) is 18.8. The lowest BCUT2D eigenvalue weighted by atomic mass is 10.0. The maximum Gasteiger partial charge on any atom is 0.246 e. The Morgan fingerprint density at radius 1 is 1.05 bits per heavy atom. The number of benzene rings is 2. The smallest absolute Gasteiger partial charge is 0.246 e. The SMILES string of the molecule is COc1cc(C=CC(=O)NCC(=O)N[C@@H](Cc2ccccc2)C(=O)N2CCC[C@H]2C(N)=O)cc(OC)c1OC. The highest BCUT2D eigenvalue weighted by atomic mass is 16.5. The number of hydrogen-bond acceptors (Lipinski definition) is 7. The Morgan fingerprint density at radius 3 is 2.31 bits per heavy atom. The highest BCUT2D eigenvalue weighted by Gasteiger charge is 2.36. The summed E-state index contributed by atoms with van der Waals surface area (Å²) in [5.41, 5.74) is 6.94. The summed E-state index contributed by atoms with van der Waals surface area (Å²) < 4.78 is 15.9. The summed E-state index contributed by atoms with van der Waals surface area (Å²) in [6, 6.07) is 10.9. The van der Waals surface area contributed by atoms with Gasteiger partial charge in [-0.3, -0.25) is 19.2 Å². The van der Waals surface area contributed by atoms with Crippen molar-refractivity contribution in [2.24, 2.45) is 5.73 Å². The van der Waals surface area contributed by atoms with Crippen LogP contribution in [0.25, 0.3) is 6.08 Å². The normalized spacial score (nSPS) is 15.5. The largest absolute Gasteiger partial charge is 0.493 e. The second-order valence-corrected chi connectivity index (χ2v) is 8.91. The minimum atomic E-state index is -0.925. The number of nitrogens with one attached hydrogen (secondary N) is 2. The summed E-state index contributed by atoms with van der Waals surface area (Å²) >= 11 is 0. The molecule has 0 spiro atoms. The molecule has 1 heterocycles. The van der Waals surface area contributed by atoms with E-state index < -0.39 is 29.8 Å². The van der Waals surface area contributed by atoms with Gasteiger partial charge in [-0.25, -0.2) is 0 Å². The van der Waals surface area contributed by atoms with Crippen molar-refractivity contribution in [3.05, 3.63) is 59.7 Å². The highest BCUT2D eigenvalue weighted by Crippen LogP contribution is 2.38. The van der Waals surface area contributed by atoms with Gasteiger partial charge in [0, 0.05) is 19.0 Å². The topological polar surface area (TPSA) is 149 Å². The third-order valence-corrected chi connectivity index (χ3v) is 6.32. The molecule has 0 unspecified atom stereocenters. The maximum atomic E-state index is 13.3. The molecule has 2 atom stereocenters. The molecule has 4 N–H and O–H groups in total. The lowest BCUT2D eigenvalue weighted by molar-refractivity contribution is -0.140. The average molecular weight is 539 g/mol. The summed E-state index contributed by atoms with van der Waals surface area (Å²) in [6.07, 6.45) is 4.17. The number of ether oxygens (including phenoxy) is 3. The third-order valence-electron chi connectivity index (χ3n) is 6.32. The van der Waals surface area contributed by atoms with E-state index in [1.54, 1.807) is 12.1 Å². The van der Waals surface area contributed by atoms with Crippen LogP contribution in [-0.2, 0) is 25.6 Å². The van der Waals surface area contributed by atoms with Gasteiger partial charge in [-0.05, 0) is 42.2 Å². The number of carbonyl (C=O) groups excluding carboxylic acids is 4. The number of carbonyl (C=O) groups is 4. The van der Waals surface area contributed by atoms with E-state index in [4.69, 9.17) is 19.9 Å². The van der Waals surface area contributed by atoms with Crippen LogP contribution in [0.15, 0.2) is 48.5 Å². The zero-order valence-electron chi connectivity index (χ0n) is 22.3. The van der Waals surface area contributed by atoms with E-state index in [2.05, 4.69) is 10.6 Å². The molecular weight excluding hydrogens is 504 g/mol. The van der Waals surface area contributed by atoms with Crippen LogP contribution in [-0.4, -0.2) is 75.0 Å². The van der Waals surface area contributed by atoms with Crippen molar-refractivity contribution >= 4 is 29.7 Å². The molecule has 11 nitrogen and oxygen atoms in total. The van der Waals surface area contributed by atoms with Crippen LogP contribution >= 0.6 is 0 Å². The minimum Gasteiger partial charge on any atom is -0.493 e. The Morgan fingerprint density at radius 2 is 1.72 bits per heavy atom. The van der Waals surface area contributed by atoms with Crippen molar-refractivity contribution in [2.45, 2.75) is 31.3 Å². The Balaban J connectivity index is 1.64. The molecule has 11 heteroatoms. The molecule has 1 saturated heterocycles. The molecule has 0 radical (unpaired) electrons. The van der Waals surface area contributed by atoms with Gasteiger partial charge in [-0.1, -0.05) is 30.3 Å². The minimum absolute atomic E-state index is 0.225. The standard InChI is InChI=1S/C28H34N4O7/c1-37-22-15-19(16-23(38-2)26(22)39-3)11-12-24(33)30-17-25(34)31-20(14-18-8-5-4-6-9-18)28(36)32-13-7-10-21(32)27(29)35/h4-6,8-9,11-12,15-16,20-21H,7,10,13-14,17H2,1-3H3,(H2,29,35)(H,30,33)(H,31,34)/t20-,21-/m0/s1. The second kappa shape index (κ2) is 13.8. The van der Waals surface area contributed by atoms with Crippen molar-refractivity contribution in [1.82, 2.24) is 15.5 Å². The third kappa shape index (κ3) is 7.73. The van der Waals surface area contributed by atoms with Crippen molar-refractivity contribution in [1.29, 1.82) is 0 Å². The highest BCUT2D eigenvalue weighted by molar-refractivity contribution is 5.96. The van der Waals surface area contributed by atoms with Crippen molar-refractivity contribution in [2.75, 3.05) is 34.4 Å². The second-order valence-electron chi connectivity index (χ2n) is 8.91. The predicted octanol–water partition coefficient (Wildman–Crippen LogP) is 1.05. The number of nitrogens with zero attached hydrogens (tertiary/aromatic N) is 1. The molecule has 1 aliphatic rings. The van der Waals surface area contributed by atoms with E-state index in [-0.39, 0.29) is 18.9 Å². The fraction of sp³-hybridized carbons (Fsp3) is 0.357. The maximum absolute atomic E-state index is 13.3. The Labute approximate surface area is 227 Å². The number of likely N-dealkylation sites (tertiary alicyclic amines) is 1. The van der Waals surface area contributed by atoms with Crippen LogP contribution in [0.1, 0.15) is 24.0 Å². The summed E-state index contributed by atoms with van der Waals surface area (Å²) in [5, 5.41) is 5.22. The molecular formula is C28H34N4O7. The van der Waals surface area contributed by atoms with Gasteiger partial charge in [-0.15, -0.1) is 0 Å². The Hall–Kier alpha value is -4.54. The summed E-state index contributed by atoms with van der Waals surface area (Å²) in [7, 11) is 4.47. The molecule has 208 valence electrons.